The van der Waals surface area contributed by atoms with E-state index in [4.69, 9.17) is 0 Å². The van der Waals surface area contributed by atoms with E-state index >= 15 is 0 Å². The van der Waals surface area contributed by atoms with Crippen LogP contribution in [0.2, 0.25) is 0 Å². The van der Waals surface area contributed by atoms with Gasteiger partial charge in [-0.2, -0.15) is 0 Å². The standard InChI is InChI=1S/C26H28N4S/c1-18-10-11-21(19(2)14-18)22-16-31-26-24(22)25(28-17-29-26)27-15-23(30-12-6-7-13-30)20-8-4-3-5-9-20/h3-5,8-11,14,16-17,23H,6-7,12-13,15H2,1-2H3,(H,27,28,29). The van der Waals surface area contributed by atoms with Gasteiger partial charge in [0, 0.05) is 17.5 Å². The highest BCUT2D eigenvalue weighted by Crippen LogP contribution is 2.38. The summed E-state index contributed by atoms with van der Waals surface area (Å²) in [6.07, 6.45) is 4.24. The van der Waals surface area contributed by atoms with Crippen molar-refractivity contribution in [2.24, 2.45) is 0 Å². The number of benzene rings is 2. The second-order valence-corrected chi connectivity index (χ2v) is 9.28. The zero-order valence-electron chi connectivity index (χ0n) is 18.1. The quantitative estimate of drug-likeness (QED) is 0.395. The van der Waals surface area contributed by atoms with Crippen molar-refractivity contribution >= 4 is 27.4 Å². The van der Waals surface area contributed by atoms with Crippen molar-refractivity contribution in [1.82, 2.24) is 14.9 Å². The van der Waals surface area contributed by atoms with Crippen LogP contribution in [0, 0.1) is 13.8 Å². The molecule has 31 heavy (non-hydrogen) atoms. The minimum Gasteiger partial charge on any atom is -0.367 e. The predicted octanol–water partition coefficient (Wildman–Crippen LogP) is 6.22. The van der Waals surface area contributed by atoms with Gasteiger partial charge >= 0.3 is 0 Å². The number of nitrogens with one attached hydrogen (secondary N) is 1. The molecule has 2 aromatic heterocycles. The van der Waals surface area contributed by atoms with Gasteiger partial charge in [0.05, 0.1) is 11.4 Å². The average Bonchev–Trinajstić information content (AvgIpc) is 3.46. The third-order valence-electron chi connectivity index (χ3n) is 6.27. The van der Waals surface area contributed by atoms with Crippen molar-refractivity contribution in [3.8, 4) is 11.1 Å². The maximum atomic E-state index is 4.67. The van der Waals surface area contributed by atoms with Crippen LogP contribution in [0.15, 0.2) is 60.2 Å². The van der Waals surface area contributed by atoms with Crippen molar-refractivity contribution in [3.05, 3.63) is 76.9 Å². The summed E-state index contributed by atoms with van der Waals surface area (Å²) in [4.78, 5) is 12.9. The molecule has 2 aromatic carbocycles. The summed E-state index contributed by atoms with van der Waals surface area (Å²) in [5.41, 5.74) is 6.41. The SMILES string of the molecule is Cc1ccc(-c2csc3ncnc(NCC(c4ccccc4)N4CCCC4)c23)c(C)c1. The molecule has 0 radical (unpaired) electrons. The third kappa shape index (κ3) is 4.08. The van der Waals surface area contributed by atoms with Gasteiger partial charge in [0.2, 0.25) is 0 Å². The van der Waals surface area contributed by atoms with Crippen molar-refractivity contribution in [3.63, 3.8) is 0 Å². The smallest absolute Gasteiger partial charge is 0.138 e. The van der Waals surface area contributed by atoms with E-state index in [1.165, 1.54) is 40.7 Å². The van der Waals surface area contributed by atoms with Gasteiger partial charge in [-0.05, 0) is 56.5 Å². The van der Waals surface area contributed by atoms with Crippen molar-refractivity contribution in [1.29, 1.82) is 0 Å². The molecule has 0 aliphatic carbocycles. The van der Waals surface area contributed by atoms with E-state index in [1.807, 2.05) is 0 Å². The number of nitrogens with zero attached hydrogens (tertiary/aromatic N) is 3. The largest absolute Gasteiger partial charge is 0.367 e. The molecule has 0 spiro atoms. The van der Waals surface area contributed by atoms with Crippen LogP contribution in [0.5, 0.6) is 0 Å². The second kappa shape index (κ2) is 8.77. The highest BCUT2D eigenvalue weighted by molar-refractivity contribution is 7.17. The maximum Gasteiger partial charge on any atom is 0.138 e. The number of aromatic nitrogens is 2. The molecule has 1 N–H and O–H groups in total. The number of fused-ring (bicyclic) bond motifs is 1. The van der Waals surface area contributed by atoms with Crippen molar-refractivity contribution < 1.29 is 0 Å². The van der Waals surface area contributed by atoms with E-state index in [1.54, 1.807) is 17.7 Å². The molecule has 5 heteroatoms. The first-order valence-electron chi connectivity index (χ1n) is 11.0. The number of aryl methyl sites for hydroxylation is 2. The van der Waals surface area contributed by atoms with Crippen LogP contribution in [0.1, 0.15) is 35.6 Å². The average molecular weight is 429 g/mol. The highest BCUT2D eigenvalue weighted by atomic mass is 32.1. The van der Waals surface area contributed by atoms with Crippen LogP contribution in [0.4, 0.5) is 5.82 Å². The molecule has 4 aromatic rings. The van der Waals surface area contributed by atoms with Gasteiger partial charge in [-0.1, -0.05) is 54.1 Å². The Morgan fingerprint density at radius 3 is 2.58 bits per heavy atom. The van der Waals surface area contributed by atoms with Gasteiger partial charge in [0.25, 0.3) is 0 Å². The lowest BCUT2D eigenvalue weighted by molar-refractivity contribution is 0.256. The van der Waals surface area contributed by atoms with Crippen LogP contribution >= 0.6 is 11.3 Å². The Kier molecular flexibility index (Phi) is 5.70. The summed E-state index contributed by atoms with van der Waals surface area (Å²) >= 11 is 1.69. The van der Waals surface area contributed by atoms with Gasteiger partial charge in [-0.25, -0.2) is 9.97 Å². The van der Waals surface area contributed by atoms with Gasteiger partial charge in [-0.3, -0.25) is 4.90 Å². The molecule has 3 heterocycles. The second-order valence-electron chi connectivity index (χ2n) is 8.42. The first kappa shape index (κ1) is 20.2. The zero-order valence-corrected chi connectivity index (χ0v) is 19.0. The molecule has 0 bridgehead atoms. The summed E-state index contributed by atoms with van der Waals surface area (Å²) in [7, 11) is 0. The van der Waals surface area contributed by atoms with Crippen molar-refractivity contribution in [2.45, 2.75) is 32.7 Å². The van der Waals surface area contributed by atoms with E-state index in [-0.39, 0.29) is 0 Å². The van der Waals surface area contributed by atoms with Gasteiger partial charge in [-0.15, -0.1) is 11.3 Å². The molecule has 1 unspecified atom stereocenters. The predicted molar refractivity (Wildman–Crippen MR) is 131 cm³/mol. The summed E-state index contributed by atoms with van der Waals surface area (Å²) < 4.78 is 0. The van der Waals surface area contributed by atoms with E-state index in [0.29, 0.717) is 6.04 Å². The van der Waals surface area contributed by atoms with Crippen LogP contribution in [0.25, 0.3) is 21.3 Å². The first-order valence-corrected chi connectivity index (χ1v) is 11.9. The van der Waals surface area contributed by atoms with E-state index in [2.05, 4.69) is 87.9 Å². The van der Waals surface area contributed by atoms with E-state index in [0.717, 1.165) is 35.7 Å². The molecular formula is C26H28N4S. The summed E-state index contributed by atoms with van der Waals surface area (Å²) in [5.74, 6) is 0.932. The number of thiophene rings is 1. The number of hydrogen-bond donors (Lipinski definition) is 1. The Morgan fingerprint density at radius 1 is 1.00 bits per heavy atom. The fourth-order valence-corrected chi connectivity index (χ4v) is 5.61. The molecule has 4 nitrogen and oxygen atoms in total. The minimum atomic E-state index is 0.344. The molecule has 1 aliphatic rings. The number of likely N-dealkylation sites (tertiary alicyclic amines) is 1. The van der Waals surface area contributed by atoms with Gasteiger partial charge in [0.15, 0.2) is 0 Å². The Balaban J connectivity index is 1.49. The molecule has 1 fully saturated rings. The van der Waals surface area contributed by atoms with E-state index < -0.39 is 0 Å². The lowest BCUT2D eigenvalue weighted by atomic mass is 9.99. The number of rotatable bonds is 6. The summed E-state index contributed by atoms with van der Waals surface area (Å²) in [6, 6.07) is 17.8. The normalized spacial score (nSPS) is 15.4. The molecule has 158 valence electrons. The molecule has 5 rings (SSSR count). The summed E-state index contributed by atoms with van der Waals surface area (Å²) in [6.45, 7) is 7.47. The van der Waals surface area contributed by atoms with Crippen molar-refractivity contribution in [2.75, 3.05) is 25.0 Å². The topological polar surface area (TPSA) is 41.1 Å². The minimum absolute atomic E-state index is 0.344. The first-order chi connectivity index (χ1) is 15.2. The maximum absolute atomic E-state index is 4.67. The Hall–Kier alpha value is -2.76. The van der Waals surface area contributed by atoms with Gasteiger partial charge < -0.3 is 5.32 Å². The number of anilines is 1. The van der Waals surface area contributed by atoms with Crippen LogP contribution in [0.3, 0.4) is 0 Å². The highest BCUT2D eigenvalue weighted by Gasteiger charge is 2.24. The molecular weight excluding hydrogens is 400 g/mol. The Labute approximate surface area is 188 Å². The fraction of sp³-hybridized carbons (Fsp3) is 0.308. The van der Waals surface area contributed by atoms with E-state index in [9.17, 15) is 0 Å². The zero-order chi connectivity index (χ0) is 21.2. The molecule has 1 atom stereocenters. The molecule has 1 aliphatic heterocycles. The Bertz CT molecular complexity index is 1180. The molecule has 0 saturated carbocycles. The third-order valence-corrected chi connectivity index (χ3v) is 7.16. The molecule has 0 amide bonds. The fourth-order valence-electron chi connectivity index (χ4n) is 4.70. The van der Waals surface area contributed by atoms with Crippen LogP contribution < -0.4 is 5.32 Å². The lowest BCUT2D eigenvalue weighted by Gasteiger charge is -2.28. The monoisotopic (exact) mass is 428 g/mol. The van der Waals surface area contributed by atoms with Crippen LogP contribution in [-0.4, -0.2) is 34.5 Å². The van der Waals surface area contributed by atoms with Crippen LogP contribution in [-0.2, 0) is 0 Å². The molecule has 1 saturated heterocycles. The van der Waals surface area contributed by atoms with Gasteiger partial charge in [0.1, 0.15) is 17.0 Å². The summed E-state index contributed by atoms with van der Waals surface area (Å²) in [5, 5.41) is 7.06. The lowest BCUT2D eigenvalue weighted by Crippen LogP contribution is -2.31. The number of hydrogen-bond acceptors (Lipinski definition) is 5. The Morgan fingerprint density at radius 2 is 1.81 bits per heavy atom.